The number of carbonyl (C=O) groups is 1. The van der Waals surface area contributed by atoms with Crippen molar-refractivity contribution in [2.24, 2.45) is 0 Å². The van der Waals surface area contributed by atoms with Gasteiger partial charge in [-0.1, -0.05) is 12.1 Å². The lowest BCUT2D eigenvalue weighted by Crippen LogP contribution is -2.22. The summed E-state index contributed by atoms with van der Waals surface area (Å²) in [7, 11) is -3.80. The average Bonchev–Trinajstić information content (AvgIpc) is 3.44. The van der Waals surface area contributed by atoms with Crippen LogP contribution in [0.5, 0.6) is 11.5 Å². The number of fused-ring (bicyclic) bond motifs is 1. The van der Waals surface area contributed by atoms with Crippen LogP contribution in [0.3, 0.4) is 0 Å². The van der Waals surface area contributed by atoms with E-state index < -0.39 is 20.9 Å². The number of sulfone groups is 1. The SMILES string of the molecule is Cc1cc(CC(=O)Nc2cnn(C(C)(C)C)c2)cc(F)c1Oc1ccnc2ccc(S(=O)(=O)[C@H](C)c3ccccn3)cc12. The molecule has 3 aromatic heterocycles. The molecule has 0 aliphatic heterocycles. The molecule has 222 valence electrons. The Morgan fingerprint density at radius 3 is 2.53 bits per heavy atom. The molecule has 0 spiro atoms. The van der Waals surface area contributed by atoms with Gasteiger partial charge in [-0.2, -0.15) is 5.10 Å². The molecule has 43 heavy (non-hydrogen) atoms. The lowest BCUT2D eigenvalue weighted by Gasteiger charge is -2.18. The van der Waals surface area contributed by atoms with Crippen LogP contribution in [-0.2, 0) is 26.6 Å². The number of anilines is 1. The van der Waals surface area contributed by atoms with Crippen molar-refractivity contribution in [3.8, 4) is 11.5 Å². The van der Waals surface area contributed by atoms with Gasteiger partial charge in [-0.15, -0.1) is 0 Å². The standard InChI is InChI=1S/C32H32FN5O4S/c1-20-14-22(16-30(39)37-23-18-36-38(19-23)32(3,4)5)15-26(33)31(20)42-29-11-13-35-28-10-9-24(17-25(28)29)43(40,41)21(2)27-8-6-7-12-34-27/h6-15,17-19,21H,16H2,1-5H3,(H,37,39)/t21-/m1/s1. The molecule has 2 aromatic carbocycles. The van der Waals surface area contributed by atoms with Crippen LogP contribution in [0.1, 0.15) is 49.8 Å². The number of pyridine rings is 2. The van der Waals surface area contributed by atoms with E-state index >= 15 is 4.39 Å². The van der Waals surface area contributed by atoms with Gasteiger partial charge < -0.3 is 10.1 Å². The smallest absolute Gasteiger partial charge is 0.228 e. The summed E-state index contributed by atoms with van der Waals surface area (Å²) in [6.07, 6.45) is 6.33. The second kappa shape index (κ2) is 11.6. The summed E-state index contributed by atoms with van der Waals surface area (Å²) in [5, 5.41) is 6.60. The number of aryl methyl sites for hydroxylation is 1. The van der Waals surface area contributed by atoms with Gasteiger partial charge >= 0.3 is 0 Å². The fourth-order valence-electron chi connectivity index (χ4n) is 4.63. The maximum Gasteiger partial charge on any atom is 0.228 e. The predicted molar refractivity (Wildman–Crippen MR) is 162 cm³/mol. The first-order valence-electron chi connectivity index (χ1n) is 13.7. The molecule has 0 saturated heterocycles. The van der Waals surface area contributed by atoms with E-state index in [2.05, 4.69) is 20.4 Å². The Bertz CT molecular complexity index is 1890. The summed E-state index contributed by atoms with van der Waals surface area (Å²) in [5.41, 5.74) is 2.19. The Labute approximate surface area is 249 Å². The maximum absolute atomic E-state index is 15.4. The van der Waals surface area contributed by atoms with Crippen molar-refractivity contribution in [3.63, 3.8) is 0 Å². The van der Waals surface area contributed by atoms with Crippen LogP contribution in [0.15, 0.2) is 84.3 Å². The van der Waals surface area contributed by atoms with E-state index in [1.165, 1.54) is 24.4 Å². The minimum Gasteiger partial charge on any atom is -0.453 e. The lowest BCUT2D eigenvalue weighted by molar-refractivity contribution is -0.115. The summed E-state index contributed by atoms with van der Waals surface area (Å²) in [6, 6.07) is 14.2. The van der Waals surface area contributed by atoms with Crippen LogP contribution in [-0.4, -0.2) is 34.1 Å². The Kier molecular flexibility index (Phi) is 8.02. The number of rotatable bonds is 8. The molecule has 9 nitrogen and oxygen atoms in total. The van der Waals surface area contributed by atoms with Gasteiger partial charge in [-0.05, 0) is 88.2 Å². The molecule has 0 aliphatic rings. The van der Waals surface area contributed by atoms with E-state index in [9.17, 15) is 13.2 Å². The van der Waals surface area contributed by atoms with Gasteiger partial charge in [0.2, 0.25) is 5.91 Å². The molecule has 0 aliphatic carbocycles. The summed E-state index contributed by atoms with van der Waals surface area (Å²) >= 11 is 0. The van der Waals surface area contributed by atoms with Crippen LogP contribution in [0.4, 0.5) is 10.1 Å². The summed E-state index contributed by atoms with van der Waals surface area (Å²) in [5.74, 6) is -0.746. The van der Waals surface area contributed by atoms with Crippen molar-refractivity contribution in [1.29, 1.82) is 0 Å². The largest absolute Gasteiger partial charge is 0.453 e. The van der Waals surface area contributed by atoms with Crippen LogP contribution in [0.2, 0.25) is 0 Å². The zero-order valence-electron chi connectivity index (χ0n) is 24.5. The zero-order chi connectivity index (χ0) is 30.9. The highest BCUT2D eigenvalue weighted by Crippen LogP contribution is 2.36. The number of halogens is 1. The van der Waals surface area contributed by atoms with Crippen molar-refractivity contribution < 1.29 is 22.3 Å². The monoisotopic (exact) mass is 601 g/mol. The van der Waals surface area contributed by atoms with E-state index in [-0.39, 0.29) is 34.3 Å². The normalized spacial score (nSPS) is 12.7. The average molecular weight is 602 g/mol. The number of nitrogens with one attached hydrogen (secondary N) is 1. The molecule has 11 heteroatoms. The molecular weight excluding hydrogens is 569 g/mol. The minimum atomic E-state index is -3.80. The first kappa shape index (κ1) is 29.8. The number of nitrogens with zero attached hydrogens (tertiary/aromatic N) is 4. The van der Waals surface area contributed by atoms with Crippen molar-refractivity contribution in [1.82, 2.24) is 19.7 Å². The third-order valence-corrected chi connectivity index (χ3v) is 9.07. The molecule has 0 radical (unpaired) electrons. The number of ether oxygens (including phenoxy) is 1. The third-order valence-electron chi connectivity index (χ3n) is 6.99. The van der Waals surface area contributed by atoms with Crippen molar-refractivity contribution in [2.75, 3.05) is 5.32 Å². The van der Waals surface area contributed by atoms with Crippen LogP contribution in [0.25, 0.3) is 10.9 Å². The highest BCUT2D eigenvalue weighted by molar-refractivity contribution is 7.91. The second-order valence-electron chi connectivity index (χ2n) is 11.3. The Hall–Kier alpha value is -4.64. The summed E-state index contributed by atoms with van der Waals surface area (Å²) < 4.78 is 50.0. The van der Waals surface area contributed by atoms with Crippen molar-refractivity contribution in [3.05, 3.63) is 102 Å². The molecule has 1 amide bonds. The second-order valence-corrected chi connectivity index (χ2v) is 13.6. The summed E-state index contributed by atoms with van der Waals surface area (Å²) in [4.78, 5) is 21.3. The van der Waals surface area contributed by atoms with Crippen molar-refractivity contribution in [2.45, 2.75) is 56.7 Å². The third kappa shape index (κ3) is 6.41. The van der Waals surface area contributed by atoms with Gasteiger partial charge in [0.15, 0.2) is 21.4 Å². The fraction of sp³-hybridized carbons (Fsp3) is 0.250. The van der Waals surface area contributed by atoms with Crippen LogP contribution < -0.4 is 10.1 Å². The maximum atomic E-state index is 15.4. The predicted octanol–water partition coefficient (Wildman–Crippen LogP) is 6.54. The molecule has 0 fully saturated rings. The number of benzene rings is 2. The van der Waals surface area contributed by atoms with E-state index in [1.807, 2.05) is 20.8 Å². The highest BCUT2D eigenvalue weighted by atomic mass is 32.2. The molecule has 3 heterocycles. The molecular formula is C32H32FN5O4S. The zero-order valence-corrected chi connectivity index (χ0v) is 25.3. The van der Waals surface area contributed by atoms with Gasteiger partial charge in [0.1, 0.15) is 11.0 Å². The van der Waals surface area contributed by atoms with Gasteiger partial charge in [0, 0.05) is 24.0 Å². The Morgan fingerprint density at radius 2 is 1.86 bits per heavy atom. The summed E-state index contributed by atoms with van der Waals surface area (Å²) in [6.45, 7) is 9.27. The number of hydrogen-bond donors (Lipinski definition) is 1. The number of hydrogen-bond acceptors (Lipinski definition) is 7. The van der Waals surface area contributed by atoms with Gasteiger partial charge in [0.25, 0.3) is 0 Å². The minimum absolute atomic E-state index is 0.0294. The molecule has 1 atom stereocenters. The molecule has 5 aromatic rings. The number of amides is 1. The molecule has 5 rings (SSSR count). The van der Waals surface area contributed by atoms with E-state index in [1.54, 1.807) is 73.5 Å². The molecule has 0 saturated carbocycles. The van der Waals surface area contributed by atoms with Crippen molar-refractivity contribution >= 4 is 32.3 Å². The van der Waals surface area contributed by atoms with Gasteiger partial charge in [0.05, 0.1) is 40.0 Å². The van der Waals surface area contributed by atoms with Gasteiger partial charge in [-0.25, -0.2) is 12.8 Å². The molecule has 1 N–H and O–H groups in total. The fourth-order valence-corrected chi connectivity index (χ4v) is 6.04. The Balaban J connectivity index is 1.38. The quantitative estimate of drug-likeness (QED) is 0.215. The number of carbonyl (C=O) groups excluding carboxylic acids is 1. The first-order chi connectivity index (χ1) is 20.3. The molecule has 0 unspecified atom stereocenters. The topological polar surface area (TPSA) is 116 Å². The first-order valence-corrected chi connectivity index (χ1v) is 15.2. The van der Waals surface area contributed by atoms with E-state index in [0.29, 0.717) is 33.4 Å². The Morgan fingerprint density at radius 1 is 1.07 bits per heavy atom. The lowest BCUT2D eigenvalue weighted by atomic mass is 10.1. The molecule has 0 bridgehead atoms. The number of aromatic nitrogens is 4. The van der Waals surface area contributed by atoms with Crippen LogP contribution in [0, 0.1) is 12.7 Å². The van der Waals surface area contributed by atoms with E-state index in [4.69, 9.17) is 4.74 Å². The highest BCUT2D eigenvalue weighted by Gasteiger charge is 2.27. The van der Waals surface area contributed by atoms with Crippen LogP contribution >= 0.6 is 0 Å². The van der Waals surface area contributed by atoms with E-state index in [0.717, 1.165) is 0 Å². The van der Waals surface area contributed by atoms with Gasteiger partial charge in [-0.3, -0.25) is 19.4 Å².